The number of nitrogens with zero attached hydrogens (tertiary/aromatic N) is 2. The second kappa shape index (κ2) is 6.01. The predicted octanol–water partition coefficient (Wildman–Crippen LogP) is 1.11. The highest BCUT2D eigenvalue weighted by Gasteiger charge is 2.40. The fourth-order valence-electron chi connectivity index (χ4n) is 3.37. The van der Waals surface area contributed by atoms with Crippen LogP contribution in [0.1, 0.15) is 42.7 Å². The van der Waals surface area contributed by atoms with Crippen molar-refractivity contribution in [1.29, 1.82) is 0 Å². The van der Waals surface area contributed by atoms with E-state index in [1.165, 1.54) is 5.56 Å². The molecule has 2 aliphatic rings. The number of carbonyl (C=O) groups is 1. The lowest BCUT2D eigenvalue weighted by molar-refractivity contribution is -0.129. The van der Waals surface area contributed by atoms with Crippen molar-refractivity contribution in [2.75, 3.05) is 19.6 Å². The van der Waals surface area contributed by atoms with Gasteiger partial charge in [-0.15, -0.1) is 0 Å². The zero-order chi connectivity index (χ0) is 15.7. The van der Waals surface area contributed by atoms with Crippen molar-refractivity contribution in [3.05, 3.63) is 17.0 Å². The molecule has 1 aromatic rings. The molecule has 0 spiro atoms. The van der Waals surface area contributed by atoms with Gasteiger partial charge in [0.15, 0.2) is 0 Å². The van der Waals surface area contributed by atoms with E-state index in [1.54, 1.807) is 0 Å². The standard InChI is InChI=1S/C16H26N4O2/c1-11-14(12(2)22-19-11)10-20-7-4-13(9-20)8-18-15(21)16(17)5-3-6-16/h13H,3-10,17H2,1-2H3,(H,18,21)/t13-/m0/s1. The fraction of sp³-hybridized carbons (Fsp3) is 0.750. The molecule has 6 nitrogen and oxygen atoms in total. The third-order valence-corrected chi connectivity index (χ3v) is 5.18. The summed E-state index contributed by atoms with van der Waals surface area (Å²) in [7, 11) is 0. The summed E-state index contributed by atoms with van der Waals surface area (Å²) < 4.78 is 5.22. The second-order valence-electron chi connectivity index (χ2n) is 6.91. The molecule has 122 valence electrons. The zero-order valence-corrected chi connectivity index (χ0v) is 13.5. The molecule has 0 aromatic carbocycles. The van der Waals surface area contributed by atoms with Crippen LogP contribution in [-0.4, -0.2) is 41.1 Å². The van der Waals surface area contributed by atoms with Gasteiger partial charge in [0.2, 0.25) is 5.91 Å². The zero-order valence-electron chi connectivity index (χ0n) is 13.5. The van der Waals surface area contributed by atoms with Gasteiger partial charge in [-0.3, -0.25) is 9.69 Å². The van der Waals surface area contributed by atoms with Crippen molar-refractivity contribution < 1.29 is 9.32 Å². The number of rotatable bonds is 5. The van der Waals surface area contributed by atoms with E-state index in [0.717, 1.165) is 63.3 Å². The smallest absolute Gasteiger partial charge is 0.240 e. The first kappa shape index (κ1) is 15.5. The Morgan fingerprint density at radius 1 is 1.50 bits per heavy atom. The van der Waals surface area contributed by atoms with Gasteiger partial charge in [-0.25, -0.2) is 0 Å². The Hall–Kier alpha value is -1.40. The summed E-state index contributed by atoms with van der Waals surface area (Å²) in [6.45, 7) is 7.62. The summed E-state index contributed by atoms with van der Waals surface area (Å²) in [6, 6.07) is 0. The van der Waals surface area contributed by atoms with E-state index >= 15 is 0 Å². The topological polar surface area (TPSA) is 84.4 Å². The van der Waals surface area contributed by atoms with E-state index < -0.39 is 5.54 Å². The highest BCUT2D eigenvalue weighted by molar-refractivity contribution is 5.86. The maximum absolute atomic E-state index is 12.1. The highest BCUT2D eigenvalue weighted by Crippen LogP contribution is 2.29. The Balaban J connectivity index is 1.45. The lowest BCUT2D eigenvalue weighted by Crippen LogP contribution is -2.59. The number of nitrogens with one attached hydrogen (secondary N) is 1. The van der Waals surface area contributed by atoms with Crippen LogP contribution < -0.4 is 11.1 Å². The number of hydrogen-bond donors (Lipinski definition) is 2. The van der Waals surface area contributed by atoms with E-state index in [2.05, 4.69) is 15.4 Å². The van der Waals surface area contributed by atoms with Crippen LogP contribution >= 0.6 is 0 Å². The van der Waals surface area contributed by atoms with Crippen molar-refractivity contribution >= 4 is 5.91 Å². The first-order valence-electron chi connectivity index (χ1n) is 8.19. The molecule has 0 bridgehead atoms. The third-order valence-electron chi connectivity index (χ3n) is 5.18. The predicted molar refractivity (Wildman–Crippen MR) is 83.1 cm³/mol. The van der Waals surface area contributed by atoms with E-state index in [-0.39, 0.29) is 5.91 Å². The van der Waals surface area contributed by atoms with Crippen molar-refractivity contribution in [2.45, 2.75) is 51.6 Å². The minimum atomic E-state index is -0.588. The van der Waals surface area contributed by atoms with Crippen LogP contribution in [-0.2, 0) is 11.3 Å². The normalized spacial score (nSPS) is 24.2. The maximum Gasteiger partial charge on any atom is 0.240 e. The molecule has 1 aliphatic carbocycles. The van der Waals surface area contributed by atoms with Crippen LogP contribution in [0.25, 0.3) is 0 Å². The molecule has 3 rings (SSSR count). The van der Waals surface area contributed by atoms with E-state index in [4.69, 9.17) is 10.3 Å². The Kier molecular flexibility index (Phi) is 4.23. The molecule has 0 radical (unpaired) electrons. The van der Waals surface area contributed by atoms with Gasteiger partial charge in [-0.2, -0.15) is 0 Å². The van der Waals surface area contributed by atoms with Gasteiger partial charge in [0.05, 0.1) is 11.2 Å². The van der Waals surface area contributed by atoms with Crippen LogP contribution in [0, 0.1) is 19.8 Å². The highest BCUT2D eigenvalue weighted by atomic mass is 16.5. The van der Waals surface area contributed by atoms with E-state index in [1.807, 2.05) is 13.8 Å². The summed E-state index contributed by atoms with van der Waals surface area (Å²) in [6.07, 6.45) is 3.82. The molecule has 0 unspecified atom stereocenters. The number of hydrogen-bond acceptors (Lipinski definition) is 5. The van der Waals surface area contributed by atoms with Gasteiger partial charge in [-0.1, -0.05) is 5.16 Å². The number of likely N-dealkylation sites (tertiary alicyclic amines) is 1. The summed E-state index contributed by atoms with van der Waals surface area (Å²) in [5, 5.41) is 7.05. The molecule has 1 saturated carbocycles. The van der Waals surface area contributed by atoms with Crippen molar-refractivity contribution in [3.8, 4) is 0 Å². The molecule has 2 fully saturated rings. The molecule has 1 aromatic heterocycles. The quantitative estimate of drug-likeness (QED) is 0.851. The molecule has 3 N–H and O–H groups in total. The Morgan fingerprint density at radius 2 is 2.27 bits per heavy atom. The number of amides is 1. The average molecular weight is 306 g/mol. The summed E-state index contributed by atoms with van der Waals surface area (Å²) >= 11 is 0. The van der Waals surface area contributed by atoms with Crippen LogP contribution in [0.2, 0.25) is 0 Å². The molecule has 2 heterocycles. The molecular weight excluding hydrogens is 280 g/mol. The largest absolute Gasteiger partial charge is 0.361 e. The van der Waals surface area contributed by atoms with E-state index in [0.29, 0.717) is 5.92 Å². The molecule has 1 atom stereocenters. The van der Waals surface area contributed by atoms with Crippen LogP contribution in [0.3, 0.4) is 0 Å². The minimum Gasteiger partial charge on any atom is -0.361 e. The van der Waals surface area contributed by atoms with Gasteiger partial charge >= 0.3 is 0 Å². The number of aromatic nitrogens is 1. The lowest BCUT2D eigenvalue weighted by atomic mass is 9.77. The minimum absolute atomic E-state index is 0.0305. The maximum atomic E-state index is 12.1. The fourth-order valence-corrected chi connectivity index (χ4v) is 3.37. The molecule has 1 amide bonds. The first-order valence-corrected chi connectivity index (χ1v) is 8.19. The second-order valence-corrected chi connectivity index (χ2v) is 6.91. The van der Waals surface area contributed by atoms with Gasteiger partial charge in [0.25, 0.3) is 0 Å². The number of nitrogens with two attached hydrogens (primary N) is 1. The van der Waals surface area contributed by atoms with Crippen molar-refractivity contribution in [2.24, 2.45) is 11.7 Å². The van der Waals surface area contributed by atoms with Crippen LogP contribution in [0.5, 0.6) is 0 Å². The Morgan fingerprint density at radius 3 is 2.86 bits per heavy atom. The third kappa shape index (κ3) is 3.03. The van der Waals surface area contributed by atoms with Gasteiger partial charge < -0.3 is 15.6 Å². The first-order chi connectivity index (χ1) is 10.5. The van der Waals surface area contributed by atoms with Crippen LogP contribution in [0.4, 0.5) is 0 Å². The van der Waals surface area contributed by atoms with Crippen LogP contribution in [0.15, 0.2) is 4.52 Å². The molecular formula is C16H26N4O2. The Labute approximate surface area is 131 Å². The summed E-state index contributed by atoms with van der Waals surface area (Å²) in [4.78, 5) is 14.5. The molecule has 1 saturated heterocycles. The Bertz CT molecular complexity index is 531. The van der Waals surface area contributed by atoms with Crippen molar-refractivity contribution in [3.63, 3.8) is 0 Å². The molecule has 22 heavy (non-hydrogen) atoms. The number of aryl methyl sites for hydroxylation is 2. The van der Waals surface area contributed by atoms with Gasteiger partial charge in [0, 0.05) is 25.2 Å². The van der Waals surface area contributed by atoms with E-state index in [9.17, 15) is 4.79 Å². The monoisotopic (exact) mass is 306 g/mol. The van der Waals surface area contributed by atoms with Crippen molar-refractivity contribution in [1.82, 2.24) is 15.4 Å². The molecule has 6 heteroatoms. The summed E-state index contributed by atoms with van der Waals surface area (Å²) in [5.41, 5.74) is 7.62. The van der Waals surface area contributed by atoms with Gasteiger partial charge in [0.1, 0.15) is 5.76 Å². The summed E-state index contributed by atoms with van der Waals surface area (Å²) in [5.74, 6) is 1.44. The average Bonchev–Trinajstić information content (AvgIpc) is 3.04. The number of carbonyl (C=O) groups excluding carboxylic acids is 1. The molecule has 1 aliphatic heterocycles. The van der Waals surface area contributed by atoms with Gasteiger partial charge in [-0.05, 0) is 52.0 Å². The SMILES string of the molecule is Cc1noc(C)c1CN1CC[C@@H](CNC(=O)C2(N)CCC2)C1. The lowest BCUT2D eigenvalue weighted by Gasteiger charge is -2.36.